The lowest BCUT2D eigenvalue weighted by molar-refractivity contribution is -0.120. The Morgan fingerprint density at radius 1 is 1.19 bits per heavy atom. The van der Waals surface area contributed by atoms with Crippen molar-refractivity contribution in [1.82, 2.24) is 5.32 Å². The summed E-state index contributed by atoms with van der Waals surface area (Å²) < 4.78 is 0. The molecule has 2 aromatic rings. The summed E-state index contributed by atoms with van der Waals surface area (Å²) >= 11 is 0. The molecule has 3 rings (SSSR count). The van der Waals surface area contributed by atoms with Crippen molar-refractivity contribution in [3.05, 3.63) is 54.6 Å². The second-order valence-electron chi connectivity index (χ2n) is 6.90. The smallest absolute Gasteiger partial charge is 0.240 e. The van der Waals surface area contributed by atoms with Crippen LogP contribution in [0.2, 0.25) is 0 Å². The number of nitriles is 1. The monoisotopic (exact) mass is 348 g/mol. The number of anilines is 3. The third kappa shape index (κ3) is 3.97. The molecule has 1 fully saturated rings. The summed E-state index contributed by atoms with van der Waals surface area (Å²) in [5.74, 6) is 0.103. The highest BCUT2D eigenvalue weighted by molar-refractivity contribution is 5.84. The van der Waals surface area contributed by atoms with E-state index in [2.05, 4.69) is 21.6 Å². The maximum Gasteiger partial charge on any atom is 0.240 e. The SMILES string of the molecule is CN(c1ccccc1)c1ccccc1NCC(=O)N[C@@](C)(C#N)C1CC1. The van der Waals surface area contributed by atoms with Crippen LogP contribution in [0.1, 0.15) is 19.8 Å². The van der Waals surface area contributed by atoms with Crippen LogP contribution in [0, 0.1) is 17.2 Å². The van der Waals surface area contributed by atoms with Gasteiger partial charge in [-0.3, -0.25) is 4.79 Å². The van der Waals surface area contributed by atoms with Gasteiger partial charge in [-0.1, -0.05) is 30.3 Å². The van der Waals surface area contributed by atoms with E-state index in [1.165, 1.54) is 0 Å². The maximum atomic E-state index is 12.3. The highest BCUT2D eigenvalue weighted by atomic mass is 16.2. The molecule has 1 aliphatic rings. The van der Waals surface area contributed by atoms with Crippen LogP contribution < -0.4 is 15.5 Å². The summed E-state index contributed by atoms with van der Waals surface area (Å²) in [5.41, 5.74) is 2.16. The molecule has 2 N–H and O–H groups in total. The van der Waals surface area contributed by atoms with Crippen LogP contribution in [0.3, 0.4) is 0 Å². The minimum atomic E-state index is -0.765. The van der Waals surface area contributed by atoms with E-state index >= 15 is 0 Å². The van der Waals surface area contributed by atoms with Gasteiger partial charge >= 0.3 is 0 Å². The van der Waals surface area contributed by atoms with Gasteiger partial charge in [0.1, 0.15) is 5.54 Å². The molecule has 5 nitrogen and oxygen atoms in total. The number of hydrogen-bond acceptors (Lipinski definition) is 4. The van der Waals surface area contributed by atoms with Crippen LogP contribution in [0.4, 0.5) is 17.1 Å². The zero-order valence-electron chi connectivity index (χ0n) is 15.2. The Kier molecular flexibility index (Phi) is 5.13. The fourth-order valence-corrected chi connectivity index (χ4v) is 3.10. The van der Waals surface area contributed by atoms with E-state index in [0.717, 1.165) is 29.9 Å². The van der Waals surface area contributed by atoms with Crippen molar-refractivity contribution in [2.75, 3.05) is 23.8 Å². The Labute approximate surface area is 154 Å². The Balaban J connectivity index is 1.67. The van der Waals surface area contributed by atoms with Crippen LogP contribution >= 0.6 is 0 Å². The van der Waals surface area contributed by atoms with Gasteiger partial charge in [-0.05, 0) is 49.9 Å². The Hall–Kier alpha value is -3.00. The van der Waals surface area contributed by atoms with E-state index in [9.17, 15) is 10.1 Å². The molecular formula is C21H24N4O. The molecule has 0 spiro atoms. The van der Waals surface area contributed by atoms with Gasteiger partial charge in [0.2, 0.25) is 5.91 Å². The van der Waals surface area contributed by atoms with Gasteiger partial charge in [0.15, 0.2) is 0 Å². The molecule has 2 aromatic carbocycles. The third-order valence-corrected chi connectivity index (χ3v) is 4.87. The summed E-state index contributed by atoms with van der Waals surface area (Å²) in [6, 6.07) is 20.2. The highest BCUT2D eigenvalue weighted by Gasteiger charge is 2.42. The molecule has 0 bridgehead atoms. The lowest BCUT2D eigenvalue weighted by atomic mass is 9.98. The minimum absolute atomic E-state index is 0.129. The van der Waals surface area contributed by atoms with Crippen LogP contribution in [-0.4, -0.2) is 25.0 Å². The number of nitrogens with zero attached hydrogens (tertiary/aromatic N) is 2. The Bertz CT molecular complexity index is 810. The summed E-state index contributed by atoms with van der Waals surface area (Å²) in [6.07, 6.45) is 2.00. The molecule has 1 saturated carbocycles. The average molecular weight is 348 g/mol. The molecule has 134 valence electrons. The van der Waals surface area contributed by atoms with E-state index < -0.39 is 5.54 Å². The molecule has 0 radical (unpaired) electrons. The molecule has 0 heterocycles. The number of nitrogens with one attached hydrogen (secondary N) is 2. The van der Waals surface area contributed by atoms with E-state index in [0.29, 0.717) is 0 Å². The number of para-hydroxylation sites is 3. The van der Waals surface area contributed by atoms with E-state index in [-0.39, 0.29) is 18.4 Å². The maximum absolute atomic E-state index is 12.3. The quantitative estimate of drug-likeness (QED) is 0.801. The van der Waals surface area contributed by atoms with Crippen molar-refractivity contribution >= 4 is 23.0 Å². The molecule has 0 aliphatic heterocycles. The second kappa shape index (κ2) is 7.49. The molecule has 1 atom stereocenters. The predicted octanol–water partition coefficient (Wildman–Crippen LogP) is 3.67. The molecule has 1 aliphatic carbocycles. The first-order valence-corrected chi connectivity index (χ1v) is 8.87. The normalized spacial score (nSPS) is 15.4. The Morgan fingerprint density at radius 3 is 2.50 bits per heavy atom. The van der Waals surface area contributed by atoms with Crippen molar-refractivity contribution in [2.45, 2.75) is 25.3 Å². The first-order valence-electron chi connectivity index (χ1n) is 8.87. The highest BCUT2D eigenvalue weighted by Crippen LogP contribution is 2.39. The van der Waals surface area contributed by atoms with Gasteiger partial charge in [0.25, 0.3) is 0 Å². The average Bonchev–Trinajstić information content (AvgIpc) is 3.52. The van der Waals surface area contributed by atoms with E-state index in [1.54, 1.807) is 6.92 Å². The van der Waals surface area contributed by atoms with Crippen LogP contribution in [0.15, 0.2) is 54.6 Å². The summed E-state index contributed by atoms with van der Waals surface area (Å²) in [7, 11) is 2.00. The molecule has 0 saturated heterocycles. The number of hydrogen-bond donors (Lipinski definition) is 2. The van der Waals surface area contributed by atoms with Crippen LogP contribution in [0.25, 0.3) is 0 Å². The van der Waals surface area contributed by atoms with Crippen molar-refractivity contribution in [3.8, 4) is 6.07 Å². The number of amides is 1. The zero-order chi connectivity index (χ0) is 18.6. The van der Waals surface area contributed by atoms with Crippen molar-refractivity contribution in [2.24, 2.45) is 5.92 Å². The van der Waals surface area contributed by atoms with Crippen LogP contribution in [0.5, 0.6) is 0 Å². The first kappa shape index (κ1) is 17.8. The van der Waals surface area contributed by atoms with Gasteiger partial charge in [-0.25, -0.2) is 0 Å². The fourth-order valence-electron chi connectivity index (χ4n) is 3.10. The van der Waals surface area contributed by atoms with Gasteiger partial charge in [-0.15, -0.1) is 0 Å². The predicted molar refractivity (Wildman–Crippen MR) is 104 cm³/mol. The molecule has 0 aromatic heterocycles. The van der Waals surface area contributed by atoms with E-state index in [4.69, 9.17) is 0 Å². The van der Waals surface area contributed by atoms with Crippen molar-refractivity contribution in [3.63, 3.8) is 0 Å². The Morgan fingerprint density at radius 2 is 1.85 bits per heavy atom. The summed E-state index contributed by atoms with van der Waals surface area (Å²) in [4.78, 5) is 14.4. The fraction of sp³-hybridized carbons (Fsp3) is 0.333. The van der Waals surface area contributed by atoms with Crippen molar-refractivity contribution in [1.29, 1.82) is 5.26 Å². The van der Waals surface area contributed by atoms with Crippen molar-refractivity contribution < 1.29 is 4.79 Å². The summed E-state index contributed by atoms with van der Waals surface area (Å²) in [6.45, 7) is 1.93. The topological polar surface area (TPSA) is 68.2 Å². The van der Waals surface area contributed by atoms with Gasteiger partial charge in [-0.2, -0.15) is 5.26 Å². The second-order valence-corrected chi connectivity index (χ2v) is 6.90. The largest absolute Gasteiger partial charge is 0.374 e. The summed E-state index contributed by atoms with van der Waals surface area (Å²) in [5, 5.41) is 15.5. The molecule has 5 heteroatoms. The number of carbonyl (C=O) groups excluding carboxylic acids is 1. The van der Waals surface area contributed by atoms with Gasteiger partial charge in [0.05, 0.1) is 24.0 Å². The lowest BCUT2D eigenvalue weighted by Crippen LogP contribution is -2.48. The van der Waals surface area contributed by atoms with E-state index in [1.807, 2.05) is 61.6 Å². The number of benzene rings is 2. The molecule has 26 heavy (non-hydrogen) atoms. The minimum Gasteiger partial charge on any atom is -0.374 e. The molecular weight excluding hydrogens is 324 g/mol. The standard InChI is InChI=1S/C21H24N4O/c1-21(15-22,16-12-13-16)24-20(26)14-23-18-10-6-7-11-19(18)25(2)17-8-4-3-5-9-17/h3-11,16,23H,12-14H2,1-2H3,(H,24,26)/t21-/m0/s1. The first-order chi connectivity index (χ1) is 12.5. The molecule has 1 amide bonds. The van der Waals surface area contributed by atoms with Gasteiger partial charge < -0.3 is 15.5 Å². The lowest BCUT2D eigenvalue weighted by Gasteiger charge is -2.25. The van der Waals surface area contributed by atoms with Crippen LogP contribution in [-0.2, 0) is 4.79 Å². The van der Waals surface area contributed by atoms with Gasteiger partial charge in [0, 0.05) is 12.7 Å². The zero-order valence-corrected chi connectivity index (χ0v) is 15.2. The third-order valence-electron chi connectivity index (χ3n) is 4.87. The molecule has 0 unspecified atom stereocenters. The number of carbonyl (C=O) groups is 1. The number of rotatable bonds is 7.